The third-order valence-electron chi connectivity index (χ3n) is 4.43. The molecule has 4 heteroatoms. The van der Waals surface area contributed by atoms with E-state index >= 15 is 0 Å². The summed E-state index contributed by atoms with van der Waals surface area (Å²) in [6, 6.07) is 7.07. The first kappa shape index (κ1) is 14.6. The Morgan fingerprint density at radius 3 is 2.80 bits per heavy atom. The maximum atomic E-state index is 6.40. The Morgan fingerprint density at radius 1 is 1.35 bits per heavy atom. The maximum Gasteiger partial charge on any atom is 0.127 e. The van der Waals surface area contributed by atoms with E-state index in [-0.39, 0.29) is 5.38 Å². The van der Waals surface area contributed by atoms with Gasteiger partial charge in [0, 0.05) is 9.61 Å². The number of nitrogens with zero attached hydrogens (tertiary/aromatic N) is 2. The molecule has 108 valence electrons. The fraction of sp³-hybridized carbons (Fsp3) is 0.562. The molecule has 0 aliphatic heterocycles. The monoisotopic (exact) mass is 402 g/mol. The topological polar surface area (TPSA) is 17.8 Å². The predicted octanol–water partition coefficient (Wildman–Crippen LogP) is 5.69. The van der Waals surface area contributed by atoms with Gasteiger partial charge in [0.1, 0.15) is 5.82 Å². The van der Waals surface area contributed by atoms with Gasteiger partial charge in [-0.1, -0.05) is 19.8 Å². The minimum absolute atomic E-state index is 0.0470. The van der Waals surface area contributed by atoms with Crippen molar-refractivity contribution in [2.45, 2.75) is 50.9 Å². The second-order valence-electron chi connectivity index (χ2n) is 5.92. The quantitative estimate of drug-likeness (QED) is 0.466. The molecular weight excluding hydrogens is 383 g/mol. The lowest BCUT2D eigenvalue weighted by molar-refractivity contribution is 0.257. The van der Waals surface area contributed by atoms with Crippen LogP contribution in [0.3, 0.4) is 0 Å². The number of aromatic nitrogens is 2. The van der Waals surface area contributed by atoms with E-state index in [0.29, 0.717) is 12.0 Å². The van der Waals surface area contributed by atoms with Crippen LogP contribution < -0.4 is 0 Å². The highest BCUT2D eigenvalue weighted by Crippen LogP contribution is 2.38. The zero-order valence-electron chi connectivity index (χ0n) is 11.9. The number of benzene rings is 1. The van der Waals surface area contributed by atoms with Crippen LogP contribution in [0, 0.1) is 9.49 Å². The summed E-state index contributed by atoms with van der Waals surface area (Å²) in [5.74, 6) is 1.73. The van der Waals surface area contributed by atoms with Crippen molar-refractivity contribution in [3.05, 3.63) is 27.6 Å². The van der Waals surface area contributed by atoms with E-state index in [2.05, 4.69) is 52.3 Å². The van der Waals surface area contributed by atoms with Crippen molar-refractivity contribution >= 4 is 45.2 Å². The summed E-state index contributed by atoms with van der Waals surface area (Å²) >= 11 is 8.74. The van der Waals surface area contributed by atoms with Crippen molar-refractivity contribution in [2.24, 2.45) is 5.92 Å². The fourth-order valence-electron chi connectivity index (χ4n) is 3.40. The normalized spacial score (nSPS) is 25.0. The summed E-state index contributed by atoms with van der Waals surface area (Å²) in [4.78, 5) is 4.81. The standard InChI is InChI=1S/C16H20ClIN2/c1-10-5-3-4-6-14(10)20-15-8-7-12(18)9-13(15)19-16(20)11(2)17/h7-11,14H,3-6H2,1-2H3. The predicted molar refractivity (Wildman–Crippen MR) is 93.4 cm³/mol. The maximum absolute atomic E-state index is 6.40. The number of halogens is 2. The Hall–Kier alpha value is -0.290. The van der Waals surface area contributed by atoms with Crippen LogP contribution in [0.25, 0.3) is 11.0 Å². The van der Waals surface area contributed by atoms with Gasteiger partial charge in [0.25, 0.3) is 0 Å². The average molecular weight is 403 g/mol. The third kappa shape index (κ3) is 2.59. The van der Waals surface area contributed by atoms with E-state index in [1.807, 2.05) is 6.92 Å². The Bertz CT molecular complexity index is 620. The van der Waals surface area contributed by atoms with Gasteiger partial charge >= 0.3 is 0 Å². The molecule has 1 saturated carbocycles. The minimum Gasteiger partial charge on any atom is -0.323 e. The smallest absolute Gasteiger partial charge is 0.127 e. The molecule has 0 N–H and O–H groups in total. The minimum atomic E-state index is -0.0470. The molecule has 1 heterocycles. The Morgan fingerprint density at radius 2 is 2.10 bits per heavy atom. The van der Waals surface area contributed by atoms with Gasteiger partial charge in [0.05, 0.1) is 16.4 Å². The van der Waals surface area contributed by atoms with Crippen LogP contribution >= 0.6 is 34.2 Å². The lowest BCUT2D eigenvalue weighted by Crippen LogP contribution is -2.23. The second kappa shape index (κ2) is 5.84. The molecule has 1 aromatic heterocycles. The van der Waals surface area contributed by atoms with Crippen LogP contribution in [0.5, 0.6) is 0 Å². The summed E-state index contributed by atoms with van der Waals surface area (Å²) in [6.45, 7) is 4.39. The van der Waals surface area contributed by atoms with Crippen molar-refractivity contribution in [2.75, 3.05) is 0 Å². The van der Waals surface area contributed by atoms with Gasteiger partial charge in [0.15, 0.2) is 0 Å². The molecule has 20 heavy (non-hydrogen) atoms. The third-order valence-corrected chi connectivity index (χ3v) is 5.30. The first-order valence-corrected chi connectivity index (χ1v) is 8.91. The average Bonchev–Trinajstić information content (AvgIpc) is 2.78. The summed E-state index contributed by atoms with van der Waals surface area (Å²) in [6.07, 6.45) is 5.23. The largest absolute Gasteiger partial charge is 0.323 e. The zero-order valence-corrected chi connectivity index (χ0v) is 14.9. The van der Waals surface area contributed by atoms with Gasteiger partial charge in [-0.15, -0.1) is 11.6 Å². The molecule has 3 rings (SSSR count). The molecule has 2 aromatic rings. The molecule has 0 radical (unpaired) electrons. The van der Waals surface area contributed by atoms with Crippen LogP contribution in [0.4, 0.5) is 0 Å². The van der Waals surface area contributed by atoms with Gasteiger partial charge in [-0.3, -0.25) is 0 Å². The number of rotatable bonds is 2. The Labute approximate surface area is 139 Å². The number of alkyl halides is 1. The molecule has 1 aromatic carbocycles. The summed E-state index contributed by atoms with van der Waals surface area (Å²) in [7, 11) is 0. The molecule has 0 amide bonds. The number of hydrogen-bond acceptors (Lipinski definition) is 1. The van der Waals surface area contributed by atoms with Gasteiger partial charge < -0.3 is 4.57 Å². The van der Waals surface area contributed by atoms with Gasteiger partial charge in [-0.2, -0.15) is 0 Å². The molecule has 0 spiro atoms. The summed E-state index contributed by atoms with van der Waals surface area (Å²) < 4.78 is 3.65. The summed E-state index contributed by atoms with van der Waals surface area (Å²) in [5, 5.41) is -0.0470. The van der Waals surface area contributed by atoms with Crippen LogP contribution in [0.2, 0.25) is 0 Å². The Balaban J connectivity index is 2.18. The highest BCUT2D eigenvalue weighted by Gasteiger charge is 2.28. The van der Waals surface area contributed by atoms with Crippen molar-refractivity contribution in [3.8, 4) is 0 Å². The lowest BCUT2D eigenvalue weighted by Gasteiger charge is -2.32. The molecule has 3 unspecified atom stereocenters. The number of hydrogen-bond donors (Lipinski definition) is 0. The molecule has 1 fully saturated rings. The molecule has 0 saturated heterocycles. The van der Waals surface area contributed by atoms with Crippen molar-refractivity contribution in [3.63, 3.8) is 0 Å². The van der Waals surface area contributed by atoms with E-state index in [0.717, 1.165) is 11.3 Å². The molecule has 3 atom stereocenters. The molecular formula is C16H20ClIN2. The van der Waals surface area contributed by atoms with E-state index in [4.69, 9.17) is 16.6 Å². The van der Waals surface area contributed by atoms with Gasteiger partial charge in [-0.25, -0.2) is 4.98 Å². The first-order valence-electron chi connectivity index (χ1n) is 7.39. The summed E-state index contributed by atoms with van der Waals surface area (Å²) in [5.41, 5.74) is 2.32. The van der Waals surface area contributed by atoms with Crippen LogP contribution in [0.1, 0.15) is 56.8 Å². The Kier molecular flexibility index (Phi) is 4.27. The van der Waals surface area contributed by atoms with Crippen molar-refractivity contribution in [1.29, 1.82) is 0 Å². The first-order chi connectivity index (χ1) is 9.58. The molecule has 1 aliphatic carbocycles. The molecule has 0 bridgehead atoms. The van der Waals surface area contributed by atoms with E-state index in [1.165, 1.54) is 34.8 Å². The van der Waals surface area contributed by atoms with Crippen molar-refractivity contribution in [1.82, 2.24) is 9.55 Å². The van der Waals surface area contributed by atoms with E-state index in [9.17, 15) is 0 Å². The van der Waals surface area contributed by atoms with E-state index < -0.39 is 0 Å². The molecule has 1 aliphatic rings. The van der Waals surface area contributed by atoms with Gasteiger partial charge in [-0.05, 0) is 66.5 Å². The van der Waals surface area contributed by atoms with Crippen LogP contribution in [0.15, 0.2) is 18.2 Å². The van der Waals surface area contributed by atoms with E-state index in [1.54, 1.807) is 0 Å². The lowest BCUT2D eigenvalue weighted by atomic mass is 9.85. The second-order valence-corrected chi connectivity index (χ2v) is 7.82. The SMILES string of the molecule is CC(Cl)c1nc2cc(I)ccc2n1C1CCCCC1C. The van der Waals surface area contributed by atoms with Crippen molar-refractivity contribution < 1.29 is 0 Å². The highest BCUT2D eigenvalue weighted by molar-refractivity contribution is 14.1. The molecule has 2 nitrogen and oxygen atoms in total. The fourth-order valence-corrected chi connectivity index (χ4v) is 4.03. The van der Waals surface area contributed by atoms with Gasteiger partial charge in [0.2, 0.25) is 0 Å². The zero-order chi connectivity index (χ0) is 14.3. The highest BCUT2D eigenvalue weighted by atomic mass is 127. The number of imidazole rings is 1. The number of fused-ring (bicyclic) bond motifs is 1. The van der Waals surface area contributed by atoms with Crippen LogP contribution in [-0.2, 0) is 0 Å². The van der Waals surface area contributed by atoms with Crippen LogP contribution in [-0.4, -0.2) is 9.55 Å².